The summed E-state index contributed by atoms with van der Waals surface area (Å²) in [4.78, 5) is 2.51. The molecule has 1 aliphatic rings. The van der Waals surface area contributed by atoms with Gasteiger partial charge in [0.2, 0.25) is 0 Å². The van der Waals surface area contributed by atoms with E-state index in [1.54, 1.807) is 7.11 Å². The average molecular weight is 284 g/mol. The molecule has 106 valence electrons. The number of phenols is 1. The lowest BCUT2D eigenvalue weighted by atomic mass is 9.99. The average Bonchev–Trinajstić information content (AvgIpc) is 2.43. The maximum absolute atomic E-state index is 9.76. The van der Waals surface area contributed by atoms with Crippen molar-refractivity contribution in [3.8, 4) is 11.5 Å². The first kappa shape index (κ1) is 14.5. The lowest BCUT2D eigenvalue weighted by molar-refractivity contribution is 0.136. The Morgan fingerprint density at radius 1 is 1.42 bits per heavy atom. The Labute approximate surface area is 120 Å². The molecule has 0 spiro atoms. The van der Waals surface area contributed by atoms with Gasteiger partial charge in [0.05, 0.1) is 12.1 Å². The molecule has 1 atom stereocenters. The SMILES string of the molecule is CCC1CCCCN1Cc1cc(Cl)c(O)c(OC)c1. The molecule has 0 saturated carbocycles. The van der Waals surface area contributed by atoms with Crippen LogP contribution in [0.15, 0.2) is 12.1 Å². The first-order valence-corrected chi connectivity index (χ1v) is 7.33. The van der Waals surface area contributed by atoms with Crippen LogP contribution in [0.5, 0.6) is 11.5 Å². The summed E-state index contributed by atoms with van der Waals surface area (Å²) in [7, 11) is 1.55. The van der Waals surface area contributed by atoms with Crippen LogP contribution in [0, 0.1) is 0 Å². The second-order valence-electron chi connectivity index (χ2n) is 5.16. The monoisotopic (exact) mass is 283 g/mol. The van der Waals surface area contributed by atoms with E-state index in [1.807, 2.05) is 12.1 Å². The van der Waals surface area contributed by atoms with Gasteiger partial charge in [0.15, 0.2) is 11.5 Å². The van der Waals surface area contributed by atoms with Crippen LogP contribution in [0.3, 0.4) is 0 Å². The third-order valence-electron chi connectivity index (χ3n) is 3.91. The summed E-state index contributed by atoms with van der Waals surface area (Å²) in [5.74, 6) is 0.478. The molecule has 4 heteroatoms. The number of hydrogen-bond acceptors (Lipinski definition) is 3. The number of phenolic OH excluding ortho intramolecular Hbond substituents is 1. The van der Waals surface area contributed by atoms with Crippen LogP contribution in [0.25, 0.3) is 0 Å². The Balaban J connectivity index is 2.16. The number of benzene rings is 1. The van der Waals surface area contributed by atoms with E-state index < -0.39 is 0 Å². The maximum Gasteiger partial charge on any atom is 0.176 e. The lowest BCUT2D eigenvalue weighted by Gasteiger charge is -2.35. The van der Waals surface area contributed by atoms with Gasteiger partial charge < -0.3 is 9.84 Å². The van der Waals surface area contributed by atoms with Crippen molar-refractivity contribution in [2.45, 2.75) is 45.2 Å². The quantitative estimate of drug-likeness (QED) is 0.912. The molecule has 2 rings (SSSR count). The van der Waals surface area contributed by atoms with Gasteiger partial charge in [-0.3, -0.25) is 4.90 Å². The normalized spacial score (nSPS) is 20.5. The zero-order valence-corrected chi connectivity index (χ0v) is 12.4. The molecule has 3 nitrogen and oxygen atoms in total. The molecule has 1 aromatic rings. The molecule has 0 bridgehead atoms. The summed E-state index contributed by atoms with van der Waals surface area (Å²) < 4.78 is 5.16. The van der Waals surface area contributed by atoms with E-state index in [2.05, 4.69) is 11.8 Å². The first-order chi connectivity index (χ1) is 9.15. The van der Waals surface area contributed by atoms with Crippen molar-refractivity contribution >= 4 is 11.6 Å². The van der Waals surface area contributed by atoms with E-state index in [4.69, 9.17) is 16.3 Å². The Bertz CT molecular complexity index is 436. The number of methoxy groups -OCH3 is 1. The van der Waals surface area contributed by atoms with E-state index in [0.29, 0.717) is 16.8 Å². The summed E-state index contributed by atoms with van der Waals surface area (Å²) in [6, 6.07) is 4.37. The van der Waals surface area contributed by atoms with Crippen LogP contribution < -0.4 is 4.74 Å². The zero-order valence-electron chi connectivity index (χ0n) is 11.7. The van der Waals surface area contributed by atoms with Crippen LogP contribution in [0.1, 0.15) is 38.2 Å². The Kier molecular flexibility index (Phi) is 4.94. The van der Waals surface area contributed by atoms with Crippen molar-refractivity contribution in [3.05, 3.63) is 22.7 Å². The van der Waals surface area contributed by atoms with Crippen LogP contribution in [-0.2, 0) is 6.54 Å². The second-order valence-corrected chi connectivity index (χ2v) is 5.56. The van der Waals surface area contributed by atoms with E-state index in [0.717, 1.165) is 18.7 Å². The molecule has 1 heterocycles. The molecule has 1 aliphatic heterocycles. The van der Waals surface area contributed by atoms with E-state index in [-0.39, 0.29) is 5.75 Å². The lowest BCUT2D eigenvalue weighted by Crippen LogP contribution is -2.38. The van der Waals surface area contributed by atoms with E-state index >= 15 is 0 Å². The number of nitrogens with zero attached hydrogens (tertiary/aromatic N) is 1. The third kappa shape index (κ3) is 3.34. The van der Waals surface area contributed by atoms with Gasteiger partial charge in [0.25, 0.3) is 0 Å². The van der Waals surface area contributed by atoms with Crippen LogP contribution in [0.4, 0.5) is 0 Å². The van der Waals surface area contributed by atoms with Crippen molar-refractivity contribution in [1.29, 1.82) is 0 Å². The number of aromatic hydroxyl groups is 1. The molecule has 1 unspecified atom stereocenters. The molecule has 0 aliphatic carbocycles. The molecule has 0 amide bonds. The van der Waals surface area contributed by atoms with E-state index in [1.165, 1.54) is 25.7 Å². The minimum absolute atomic E-state index is 0.0265. The molecular weight excluding hydrogens is 262 g/mol. The van der Waals surface area contributed by atoms with Gasteiger partial charge in [-0.2, -0.15) is 0 Å². The summed E-state index contributed by atoms with van der Waals surface area (Å²) in [6.07, 6.45) is 5.05. The highest BCUT2D eigenvalue weighted by molar-refractivity contribution is 6.32. The number of piperidine rings is 1. The highest BCUT2D eigenvalue weighted by Crippen LogP contribution is 2.35. The molecular formula is C15H22ClNO2. The Morgan fingerprint density at radius 2 is 2.21 bits per heavy atom. The Hall–Kier alpha value is -0.930. The molecule has 1 fully saturated rings. The highest BCUT2D eigenvalue weighted by atomic mass is 35.5. The predicted octanol–water partition coefficient (Wildman–Crippen LogP) is 3.82. The smallest absolute Gasteiger partial charge is 0.176 e. The van der Waals surface area contributed by atoms with Gasteiger partial charge >= 0.3 is 0 Å². The third-order valence-corrected chi connectivity index (χ3v) is 4.20. The first-order valence-electron chi connectivity index (χ1n) is 6.95. The van der Waals surface area contributed by atoms with Crippen LogP contribution in [0.2, 0.25) is 5.02 Å². The maximum atomic E-state index is 9.76. The molecule has 1 N–H and O–H groups in total. The van der Waals surface area contributed by atoms with Gasteiger partial charge in [-0.15, -0.1) is 0 Å². The summed E-state index contributed by atoms with van der Waals surface area (Å²) >= 11 is 6.04. The van der Waals surface area contributed by atoms with Crippen molar-refractivity contribution < 1.29 is 9.84 Å². The largest absolute Gasteiger partial charge is 0.503 e. The van der Waals surface area contributed by atoms with Crippen molar-refractivity contribution in [3.63, 3.8) is 0 Å². The summed E-state index contributed by atoms with van der Waals surface area (Å²) in [6.45, 7) is 4.25. The number of halogens is 1. The van der Waals surface area contributed by atoms with Gasteiger partial charge in [0.1, 0.15) is 0 Å². The van der Waals surface area contributed by atoms with E-state index in [9.17, 15) is 5.11 Å². The summed E-state index contributed by atoms with van der Waals surface area (Å²) in [5.41, 5.74) is 1.10. The fraction of sp³-hybridized carbons (Fsp3) is 0.600. The molecule has 19 heavy (non-hydrogen) atoms. The Morgan fingerprint density at radius 3 is 2.89 bits per heavy atom. The topological polar surface area (TPSA) is 32.7 Å². The number of likely N-dealkylation sites (tertiary alicyclic amines) is 1. The molecule has 1 saturated heterocycles. The van der Waals surface area contributed by atoms with Crippen molar-refractivity contribution in [2.24, 2.45) is 0 Å². The fourth-order valence-corrected chi connectivity index (χ4v) is 3.07. The zero-order chi connectivity index (χ0) is 13.8. The standard InChI is InChI=1S/C15H22ClNO2/c1-3-12-6-4-5-7-17(12)10-11-8-13(16)15(18)14(9-11)19-2/h8-9,12,18H,3-7,10H2,1-2H3. The fourth-order valence-electron chi connectivity index (χ4n) is 2.84. The van der Waals surface area contributed by atoms with Gasteiger partial charge in [-0.05, 0) is 43.5 Å². The van der Waals surface area contributed by atoms with Gasteiger partial charge in [0, 0.05) is 12.6 Å². The second kappa shape index (κ2) is 6.49. The minimum atomic E-state index is 0.0265. The number of rotatable bonds is 4. The van der Waals surface area contributed by atoms with Crippen LogP contribution >= 0.6 is 11.6 Å². The van der Waals surface area contributed by atoms with Crippen molar-refractivity contribution in [2.75, 3.05) is 13.7 Å². The molecule has 0 aromatic heterocycles. The van der Waals surface area contributed by atoms with Gasteiger partial charge in [-0.1, -0.05) is 24.9 Å². The number of ether oxygens (including phenoxy) is 1. The summed E-state index contributed by atoms with van der Waals surface area (Å²) in [5, 5.41) is 10.1. The predicted molar refractivity (Wildman–Crippen MR) is 78.0 cm³/mol. The van der Waals surface area contributed by atoms with Crippen molar-refractivity contribution in [1.82, 2.24) is 4.90 Å². The number of hydrogen-bond donors (Lipinski definition) is 1. The highest BCUT2D eigenvalue weighted by Gasteiger charge is 2.21. The van der Waals surface area contributed by atoms with Gasteiger partial charge in [-0.25, -0.2) is 0 Å². The molecule has 1 aromatic carbocycles. The van der Waals surface area contributed by atoms with Crippen LogP contribution in [-0.4, -0.2) is 29.7 Å². The minimum Gasteiger partial charge on any atom is -0.503 e. The molecule has 0 radical (unpaired) electrons.